The van der Waals surface area contributed by atoms with Crippen molar-refractivity contribution in [2.45, 2.75) is 18.0 Å². The molecule has 152 valence electrons. The summed E-state index contributed by atoms with van der Waals surface area (Å²) in [6.07, 6.45) is -4.67. The predicted molar refractivity (Wildman–Crippen MR) is 98.3 cm³/mol. The second kappa shape index (κ2) is 8.27. The molecule has 6 nitrogen and oxygen atoms in total. The average molecular weight is 437 g/mol. The van der Waals surface area contributed by atoms with Crippen LogP contribution >= 0.6 is 11.6 Å². The van der Waals surface area contributed by atoms with Crippen LogP contribution in [-0.4, -0.2) is 28.0 Å². The van der Waals surface area contributed by atoms with Crippen LogP contribution in [0.15, 0.2) is 41.3 Å². The fourth-order valence-electron chi connectivity index (χ4n) is 2.27. The van der Waals surface area contributed by atoms with Gasteiger partial charge in [-0.05, 0) is 43.3 Å². The number of amides is 1. The largest absolute Gasteiger partial charge is 0.496 e. The number of rotatable bonds is 6. The molecule has 0 unspecified atom stereocenters. The zero-order valence-electron chi connectivity index (χ0n) is 14.7. The normalized spacial score (nSPS) is 11.8. The van der Waals surface area contributed by atoms with Crippen LogP contribution in [0.3, 0.4) is 0 Å². The minimum absolute atomic E-state index is 0.0395. The monoisotopic (exact) mass is 436 g/mol. The molecular formula is C17H16ClF3N2O4S. The Balaban J connectivity index is 2.46. The molecule has 1 amide bonds. The third kappa shape index (κ3) is 4.87. The molecule has 0 saturated carbocycles. The Hall–Kier alpha value is -2.46. The van der Waals surface area contributed by atoms with Crippen molar-refractivity contribution < 1.29 is 31.1 Å². The molecule has 0 bridgehead atoms. The first-order chi connectivity index (χ1) is 13.0. The van der Waals surface area contributed by atoms with Gasteiger partial charge in [0.05, 0.1) is 33.8 Å². The van der Waals surface area contributed by atoms with Gasteiger partial charge in [-0.15, -0.1) is 0 Å². The minimum Gasteiger partial charge on any atom is -0.496 e. The molecule has 2 aromatic carbocycles. The summed E-state index contributed by atoms with van der Waals surface area (Å²) in [6, 6.07) is 5.76. The first-order valence-electron chi connectivity index (χ1n) is 7.85. The van der Waals surface area contributed by atoms with Crippen LogP contribution in [0.1, 0.15) is 22.8 Å². The molecule has 0 saturated heterocycles. The van der Waals surface area contributed by atoms with Gasteiger partial charge in [-0.3, -0.25) is 9.52 Å². The van der Waals surface area contributed by atoms with Crippen molar-refractivity contribution in [2.24, 2.45) is 0 Å². The van der Waals surface area contributed by atoms with E-state index in [1.54, 1.807) is 6.92 Å². The Bertz CT molecular complexity index is 994. The molecule has 2 rings (SSSR count). The summed E-state index contributed by atoms with van der Waals surface area (Å²) in [5.74, 6) is -0.421. The standard InChI is InChI=1S/C17H16ClF3N2O4S/c1-3-22-16(24)12-9-11(5-7-15(12)27-2)28(25,26)23-14-8-10(17(19,20)21)4-6-13(14)18/h4-9,23H,3H2,1-2H3,(H,22,24). The summed E-state index contributed by atoms with van der Waals surface area (Å²) < 4.78 is 70.9. The van der Waals surface area contributed by atoms with E-state index in [9.17, 15) is 26.4 Å². The van der Waals surface area contributed by atoms with E-state index in [2.05, 4.69) is 5.32 Å². The van der Waals surface area contributed by atoms with Crippen LogP contribution in [0.25, 0.3) is 0 Å². The van der Waals surface area contributed by atoms with Gasteiger partial charge in [0, 0.05) is 6.54 Å². The quantitative estimate of drug-likeness (QED) is 0.719. The van der Waals surface area contributed by atoms with Gasteiger partial charge in [0.2, 0.25) is 0 Å². The summed E-state index contributed by atoms with van der Waals surface area (Å²) in [7, 11) is -3.02. The number of anilines is 1. The van der Waals surface area contributed by atoms with Crippen molar-refractivity contribution in [3.8, 4) is 5.75 Å². The van der Waals surface area contributed by atoms with E-state index in [1.165, 1.54) is 13.2 Å². The molecule has 0 aliphatic carbocycles. The lowest BCUT2D eigenvalue weighted by Crippen LogP contribution is -2.24. The molecule has 0 aliphatic rings. The molecule has 0 heterocycles. The van der Waals surface area contributed by atoms with E-state index in [-0.39, 0.29) is 21.2 Å². The number of sulfonamides is 1. The van der Waals surface area contributed by atoms with Gasteiger partial charge >= 0.3 is 6.18 Å². The van der Waals surface area contributed by atoms with Crippen LogP contribution in [0.5, 0.6) is 5.75 Å². The summed E-state index contributed by atoms with van der Waals surface area (Å²) in [5, 5.41) is 2.30. The summed E-state index contributed by atoms with van der Waals surface area (Å²) in [4.78, 5) is 11.8. The van der Waals surface area contributed by atoms with Gasteiger partial charge in [0.1, 0.15) is 5.75 Å². The lowest BCUT2D eigenvalue weighted by Gasteiger charge is -2.14. The van der Waals surface area contributed by atoms with E-state index in [0.717, 1.165) is 24.3 Å². The molecule has 0 spiro atoms. The van der Waals surface area contributed by atoms with Gasteiger partial charge in [0.15, 0.2) is 0 Å². The fraction of sp³-hybridized carbons (Fsp3) is 0.235. The van der Waals surface area contributed by atoms with Gasteiger partial charge in [-0.25, -0.2) is 8.42 Å². The minimum atomic E-state index is -4.67. The Morgan fingerprint density at radius 2 is 1.86 bits per heavy atom. The molecule has 0 fully saturated rings. The molecule has 0 atom stereocenters. The van der Waals surface area contributed by atoms with Crippen molar-refractivity contribution in [1.29, 1.82) is 0 Å². The number of carbonyl (C=O) groups is 1. The van der Waals surface area contributed by atoms with E-state index >= 15 is 0 Å². The first-order valence-corrected chi connectivity index (χ1v) is 9.71. The third-order valence-corrected chi connectivity index (χ3v) is 5.29. The van der Waals surface area contributed by atoms with Crippen LogP contribution in [-0.2, 0) is 16.2 Å². The second-order valence-electron chi connectivity index (χ2n) is 5.52. The van der Waals surface area contributed by atoms with Crippen molar-refractivity contribution in [2.75, 3.05) is 18.4 Å². The maximum atomic E-state index is 12.9. The Labute approximate surface area is 164 Å². The van der Waals surface area contributed by atoms with E-state index in [1.807, 2.05) is 4.72 Å². The summed E-state index contributed by atoms with van der Waals surface area (Å²) in [6.45, 7) is 1.99. The van der Waals surface area contributed by atoms with Crippen LogP contribution < -0.4 is 14.8 Å². The highest BCUT2D eigenvalue weighted by molar-refractivity contribution is 7.92. The van der Waals surface area contributed by atoms with Crippen LogP contribution in [0.2, 0.25) is 5.02 Å². The van der Waals surface area contributed by atoms with Gasteiger partial charge in [-0.2, -0.15) is 13.2 Å². The number of hydrogen-bond donors (Lipinski definition) is 2. The Morgan fingerprint density at radius 3 is 2.43 bits per heavy atom. The lowest BCUT2D eigenvalue weighted by molar-refractivity contribution is -0.137. The maximum absolute atomic E-state index is 12.9. The molecule has 2 aromatic rings. The van der Waals surface area contributed by atoms with Crippen molar-refractivity contribution in [1.82, 2.24) is 5.32 Å². The highest BCUT2D eigenvalue weighted by Crippen LogP contribution is 2.35. The summed E-state index contributed by atoms with van der Waals surface area (Å²) in [5.41, 5.74) is -1.54. The third-order valence-electron chi connectivity index (χ3n) is 3.60. The average Bonchev–Trinajstić information content (AvgIpc) is 2.62. The SMILES string of the molecule is CCNC(=O)c1cc(S(=O)(=O)Nc2cc(C(F)(F)F)ccc2Cl)ccc1OC. The predicted octanol–water partition coefficient (Wildman–Crippen LogP) is 3.92. The summed E-state index contributed by atoms with van der Waals surface area (Å²) >= 11 is 5.83. The van der Waals surface area contributed by atoms with E-state index < -0.39 is 33.4 Å². The molecule has 0 aromatic heterocycles. The number of carbonyl (C=O) groups excluding carboxylic acids is 1. The first kappa shape index (κ1) is 21.8. The highest BCUT2D eigenvalue weighted by Gasteiger charge is 2.31. The molecule has 28 heavy (non-hydrogen) atoms. The van der Waals surface area contributed by atoms with Gasteiger partial charge in [-0.1, -0.05) is 11.6 Å². The van der Waals surface area contributed by atoms with Crippen LogP contribution in [0.4, 0.5) is 18.9 Å². The number of benzene rings is 2. The van der Waals surface area contributed by atoms with E-state index in [4.69, 9.17) is 16.3 Å². The van der Waals surface area contributed by atoms with Crippen molar-refractivity contribution >= 4 is 33.2 Å². The van der Waals surface area contributed by atoms with Gasteiger partial charge < -0.3 is 10.1 Å². The number of ether oxygens (including phenoxy) is 1. The smallest absolute Gasteiger partial charge is 0.416 e. The zero-order valence-corrected chi connectivity index (χ0v) is 16.3. The maximum Gasteiger partial charge on any atom is 0.416 e. The molecule has 11 heteroatoms. The number of nitrogens with one attached hydrogen (secondary N) is 2. The Morgan fingerprint density at radius 1 is 1.18 bits per heavy atom. The van der Waals surface area contributed by atoms with Crippen molar-refractivity contribution in [3.63, 3.8) is 0 Å². The molecule has 0 aliphatic heterocycles. The van der Waals surface area contributed by atoms with E-state index in [0.29, 0.717) is 12.6 Å². The number of hydrogen-bond acceptors (Lipinski definition) is 4. The Kier molecular flexibility index (Phi) is 6.45. The topological polar surface area (TPSA) is 84.5 Å². The zero-order chi connectivity index (χ0) is 21.1. The lowest BCUT2D eigenvalue weighted by atomic mass is 10.2. The number of alkyl halides is 3. The number of halogens is 4. The molecule has 0 radical (unpaired) electrons. The second-order valence-corrected chi connectivity index (χ2v) is 7.61. The molecule has 2 N–H and O–H groups in total. The fourth-order valence-corrected chi connectivity index (χ4v) is 3.59. The van der Waals surface area contributed by atoms with Gasteiger partial charge in [0.25, 0.3) is 15.9 Å². The molecular weight excluding hydrogens is 421 g/mol. The van der Waals surface area contributed by atoms with Crippen molar-refractivity contribution in [3.05, 3.63) is 52.5 Å². The highest BCUT2D eigenvalue weighted by atomic mass is 35.5. The number of methoxy groups -OCH3 is 1. The van der Waals surface area contributed by atoms with Crippen LogP contribution in [0, 0.1) is 0 Å².